The van der Waals surface area contributed by atoms with Crippen LogP contribution < -0.4 is 10.5 Å². The molecule has 0 aromatic heterocycles. The minimum atomic E-state index is -0.106. The monoisotopic (exact) mass is 191 g/mol. The normalized spacial score (nSPS) is 18.3. The molecule has 2 heteroatoms. The smallest absolute Gasteiger partial charge is 0.124 e. The summed E-state index contributed by atoms with van der Waals surface area (Å²) < 4.78 is 5.73. The number of ether oxygens (including phenoxy) is 1. The molecule has 0 radical (unpaired) electrons. The van der Waals surface area contributed by atoms with E-state index >= 15 is 0 Å². The minimum Gasteiger partial charge on any atom is -0.491 e. The van der Waals surface area contributed by atoms with E-state index in [1.54, 1.807) is 0 Å². The fraction of sp³-hybridized carbons (Fsp3) is 0.500. The van der Waals surface area contributed by atoms with Crippen molar-refractivity contribution in [1.82, 2.24) is 0 Å². The molecule has 0 bridgehead atoms. The summed E-state index contributed by atoms with van der Waals surface area (Å²) in [7, 11) is 0. The quantitative estimate of drug-likeness (QED) is 0.796. The molecule has 76 valence electrons. The highest BCUT2D eigenvalue weighted by Crippen LogP contribution is 2.46. The zero-order valence-corrected chi connectivity index (χ0v) is 8.79. The number of hydrogen-bond acceptors (Lipinski definition) is 2. The summed E-state index contributed by atoms with van der Waals surface area (Å²) in [6, 6.07) is 8.09. The average Bonchev–Trinajstić information content (AvgIpc) is 2.84. The first-order valence-electron chi connectivity index (χ1n) is 5.17. The molecule has 1 saturated carbocycles. The number of para-hydroxylation sites is 1. The van der Waals surface area contributed by atoms with E-state index < -0.39 is 0 Å². The van der Waals surface area contributed by atoms with Gasteiger partial charge in [0.15, 0.2) is 0 Å². The number of hydrogen-bond donors (Lipinski definition) is 1. The van der Waals surface area contributed by atoms with E-state index in [2.05, 4.69) is 6.07 Å². The van der Waals surface area contributed by atoms with Gasteiger partial charge in [-0.3, -0.25) is 0 Å². The van der Waals surface area contributed by atoms with Crippen LogP contribution in [0.3, 0.4) is 0 Å². The van der Waals surface area contributed by atoms with Gasteiger partial charge in [0.25, 0.3) is 0 Å². The van der Waals surface area contributed by atoms with E-state index in [9.17, 15) is 0 Å². The molecule has 0 amide bonds. The van der Waals surface area contributed by atoms with E-state index in [0.717, 1.165) is 24.2 Å². The van der Waals surface area contributed by atoms with Gasteiger partial charge in [0, 0.05) is 11.1 Å². The van der Waals surface area contributed by atoms with Crippen LogP contribution in [0, 0.1) is 0 Å². The maximum absolute atomic E-state index is 6.16. The Morgan fingerprint density at radius 2 is 1.93 bits per heavy atom. The lowest BCUT2D eigenvalue weighted by molar-refractivity contribution is 0.238. The van der Waals surface area contributed by atoms with Crippen molar-refractivity contribution in [2.45, 2.75) is 38.3 Å². The van der Waals surface area contributed by atoms with Gasteiger partial charge in [-0.1, -0.05) is 18.2 Å². The van der Waals surface area contributed by atoms with Crippen molar-refractivity contribution >= 4 is 0 Å². The third kappa shape index (κ3) is 1.75. The van der Waals surface area contributed by atoms with Gasteiger partial charge in [-0.15, -0.1) is 0 Å². The van der Waals surface area contributed by atoms with Crippen LogP contribution in [0.2, 0.25) is 0 Å². The van der Waals surface area contributed by atoms with Crippen LogP contribution in [0.4, 0.5) is 0 Å². The molecule has 1 aliphatic carbocycles. The first-order valence-corrected chi connectivity index (χ1v) is 5.17. The summed E-state index contributed by atoms with van der Waals surface area (Å²) in [5, 5.41) is 0. The zero-order valence-electron chi connectivity index (χ0n) is 8.79. The van der Waals surface area contributed by atoms with Crippen LogP contribution in [-0.2, 0) is 5.54 Å². The van der Waals surface area contributed by atoms with Crippen LogP contribution >= 0.6 is 0 Å². The SMILES string of the molecule is CC(C)Oc1ccccc1C1(N)CC1. The average molecular weight is 191 g/mol. The van der Waals surface area contributed by atoms with Crippen LogP contribution in [0.15, 0.2) is 24.3 Å². The predicted octanol–water partition coefficient (Wildman–Crippen LogP) is 2.42. The first kappa shape index (κ1) is 9.53. The Morgan fingerprint density at radius 1 is 1.29 bits per heavy atom. The van der Waals surface area contributed by atoms with Crippen LogP contribution in [0.5, 0.6) is 5.75 Å². The molecule has 2 rings (SSSR count). The second-order valence-corrected chi connectivity index (χ2v) is 4.32. The second kappa shape index (κ2) is 3.28. The Morgan fingerprint density at radius 3 is 2.50 bits per heavy atom. The fourth-order valence-electron chi connectivity index (χ4n) is 1.64. The van der Waals surface area contributed by atoms with Gasteiger partial charge in [0.1, 0.15) is 5.75 Å². The largest absolute Gasteiger partial charge is 0.491 e. The Bertz CT molecular complexity index is 329. The molecule has 0 saturated heterocycles. The minimum absolute atomic E-state index is 0.106. The second-order valence-electron chi connectivity index (χ2n) is 4.32. The molecular weight excluding hydrogens is 174 g/mol. The molecule has 0 spiro atoms. The van der Waals surface area contributed by atoms with Crippen molar-refractivity contribution in [2.24, 2.45) is 5.73 Å². The predicted molar refractivity (Wildman–Crippen MR) is 57.3 cm³/mol. The highest BCUT2D eigenvalue weighted by atomic mass is 16.5. The topological polar surface area (TPSA) is 35.2 Å². The zero-order chi connectivity index (χ0) is 10.2. The highest BCUT2D eigenvalue weighted by Gasteiger charge is 2.42. The molecule has 14 heavy (non-hydrogen) atoms. The number of benzene rings is 1. The van der Waals surface area contributed by atoms with Crippen molar-refractivity contribution in [3.63, 3.8) is 0 Å². The molecular formula is C12H17NO. The van der Waals surface area contributed by atoms with Gasteiger partial charge >= 0.3 is 0 Å². The molecule has 2 N–H and O–H groups in total. The van der Waals surface area contributed by atoms with Gasteiger partial charge in [0.05, 0.1) is 6.10 Å². The number of rotatable bonds is 3. The van der Waals surface area contributed by atoms with E-state index in [1.165, 1.54) is 0 Å². The molecule has 1 aromatic rings. The summed E-state index contributed by atoms with van der Waals surface area (Å²) >= 11 is 0. The van der Waals surface area contributed by atoms with Crippen molar-refractivity contribution in [2.75, 3.05) is 0 Å². The van der Waals surface area contributed by atoms with Crippen LogP contribution in [-0.4, -0.2) is 6.10 Å². The maximum Gasteiger partial charge on any atom is 0.124 e. The standard InChI is InChI=1S/C12H17NO/c1-9(2)14-11-6-4-3-5-10(11)12(13)7-8-12/h3-6,9H,7-8,13H2,1-2H3. The lowest BCUT2D eigenvalue weighted by atomic mass is 10.0. The van der Waals surface area contributed by atoms with Gasteiger partial charge in [-0.25, -0.2) is 0 Å². The lowest BCUT2D eigenvalue weighted by Crippen LogP contribution is -2.20. The van der Waals surface area contributed by atoms with E-state index in [1.807, 2.05) is 32.0 Å². The molecule has 2 nitrogen and oxygen atoms in total. The highest BCUT2D eigenvalue weighted by molar-refractivity contribution is 5.42. The van der Waals surface area contributed by atoms with Crippen molar-refractivity contribution in [3.8, 4) is 5.75 Å². The molecule has 0 unspecified atom stereocenters. The lowest BCUT2D eigenvalue weighted by Gasteiger charge is -2.17. The Labute approximate surface area is 85.1 Å². The van der Waals surface area contributed by atoms with Crippen LogP contribution in [0.25, 0.3) is 0 Å². The van der Waals surface area contributed by atoms with Gasteiger partial charge in [-0.05, 0) is 32.8 Å². The summed E-state index contributed by atoms with van der Waals surface area (Å²) in [6.07, 6.45) is 2.36. The first-order chi connectivity index (χ1) is 6.62. The Balaban J connectivity index is 2.29. The van der Waals surface area contributed by atoms with E-state index in [4.69, 9.17) is 10.5 Å². The Kier molecular flexibility index (Phi) is 2.23. The third-order valence-corrected chi connectivity index (χ3v) is 2.57. The van der Waals surface area contributed by atoms with Crippen molar-refractivity contribution < 1.29 is 4.74 Å². The summed E-state index contributed by atoms with van der Waals surface area (Å²) in [5.41, 5.74) is 7.22. The molecule has 1 aliphatic rings. The molecule has 0 heterocycles. The fourth-order valence-corrected chi connectivity index (χ4v) is 1.64. The van der Waals surface area contributed by atoms with Gasteiger partial charge < -0.3 is 10.5 Å². The summed E-state index contributed by atoms with van der Waals surface area (Å²) in [6.45, 7) is 4.07. The molecule has 0 atom stereocenters. The molecule has 1 fully saturated rings. The van der Waals surface area contributed by atoms with Crippen LogP contribution in [0.1, 0.15) is 32.3 Å². The van der Waals surface area contributed by atoms with Crippen molar-refractivity contribution in [3.05, 3.63) is 29.8 Å². The van der Waals surface area contributed by atoms with Crippen molar-refractivity contribution in [1.29, 1.82) is 0 Å². The summed E-state index contributed by atoms with van der Waals surface area (Å²) in [4.78, 5) is 0. The molecule has 0 aliphatic heterocycles. The van der Waals surface area contributed by atoms with Gasteiger partial charge in [-0.2, -0.15) is 0 Å². The Hall–Kier alpha value is -1.02. The van der Waals surface area contributed by atoms with E-state index in [0.29, 0.717) is 0 Å². The summed E-state index contributed by atoms with van der Waals surface area (Å²) in [5.74, 6) is 0.947. The third-order valence-electron chi connectivity index (χ3n) is 2.57. The molecule has 1 aromatic carbocycles. The number of nitrogens with two attached hydrogens (primary N) is 1. The van der Waals surface area contributed by atoms with Gasteiger partial charge in [0.2, 0.25) is 0 Å². The maximum atomic E-state index is 6.16. The van der Waals surface area contributed by atoms with E-state index in [-0.39, 0.29) is 11.6 Å².